The lowest BCUT2D eigenvalue weighted by Gasteiger charge is -2.22. The first-order valence-electron chi connectivity index (χ1n) is 4.20. The molecule has 0 saturated carbocycles. The van der Waals surface area contributed by atoms with E-state index in [0.29, 0.717) is 0 Å². The van der Waals surface area contributed by atoms with Crippen LogP contribution in [0.5, 0.6) is 0 Å². The van der Waals surface area contributed by atoms with Gasteiger partial charge in [0.15, 0.2) is 0 Å². The number of alkyl halides is 1. The van der Waals surface area contributed by atoms with Gasteiger partial charge in [0.2, 0.25) is 0 Å². The molecule has 0 spiro atoms. The smallest absolute Gasteiger partial charge is 0.109 e. The largest absolute Gasteiger partial charge is 0.469 e. The van der Waals surface area contributed by atoms with Gasteiger partial charge in [0.25, 0.3) is 0 Å². The zero-order valence-electron chi connectivity index (χ0n) is 7.80. The van der Waals surface area contributed by atoms with E-state index in [2.05, 4.69) is 13.8 Å². The molecule has 0 bridgehead atoms. The highest BCUT2D eigenvalue weighted by Gasteiger charge is 2.25. The molecule has 0 aromatic carbocycles. The van der Waals surface area contributed by atoms with Crippen molar-refractivity contribution in [2.45, 2.75) is 38.0 Å². The van der Waals surface area contributed by atoms with E-state index in [9.17, 15) is 0 Å². The lowest BCUT2D eigenvalue weighted by Crippen LogP contribution is -2.19. The number of hydrogen-bond donors (Lipinski definition) is 0. The van der Waals surface area contributed by atoms with Crippen molar-refractivity contribution in [3.8, 4) is 0 Å². The second-order valence-electron chi connectivity index (χ2n) is 3.85. The fraction of sp³-hybridized carbons (Fsp3) is 0.600. The van der Waals surface area contributed by atoms with Gasteiger partial charge in [-0.05, 0) is 25.5 Å². The molecule has 2 heteroatoms. The minimum Gasteiger partial charge on any atom is -0.469 e. The number of furan rings is 1. The van der Waals surface area contributed by atoms with Crippen LogP contribution >= 0.6 is 11.6 Å². The number of halogens is 1. The minimum atomic E-state index is 0.0463. The second kappa shape index (κ2) is 3.53. The highest BCUT2D eigenvalue weighted by molar-refractivity contribution is 6.20. The van der Waals surface area contributed by atoms with Gasteiger partial charge < -0.3 is 4.42 Å². The van der Waals surface area contributed by atoms with Gasteiger partial charge in [0.1, 0.15) is 5.76 Å². The average Bonchev–Trinajstić information content (AvgIpc) is 2.32. The third kappa shape index (κ3) is 2.28. The van der Waals surface area contributed by atoms with E-state index in [1.54, 1.807) is 6.26 Å². The van der Waals surface area contributed by atoms with Crippen LogP contribution < -0.4 is 0 Å². The zero-order valence-corrected chi connectivity index (χ0v) is 8.56. The molecule has 1 unspecified atom stereocenters. The van der Waals surface area contributed by atoms with Crippen LogP contribution in [-0.4, -0.2) is 5.38 Å². The molecule has 0 fully saturated rings. The van der Waals surface area contributed by atoms with Gasteiger partial charge in [-0.2, -0.15) is 0 Å². The quantitative estimate of drug-likeness (QED) is 0.658. The summed E-state index contributed by atoms with van der Waals surface area (Å²) in [5.74, 6) is 1.01. The van der Waals surface area contributed by atoms with Crippen molar-refractivity contribution in [1.29, 1.82) is 0 Å². The van der Waals surface area contributed by atoms with Crippen LogP contribution in [0.4, 0.5) is 0 Å². The highest BCUT2D eigenvalue weighted by atomic mass is 35.5. The Morgan fingerprint density at radius 1 is 1.58 bits per heavy atom. The van der Waals surface area contributed by atoms with Gasteiger partial charge in [0, 0.05) is 10.8 Å². The van der Waals surface area contributed by atoms with Crippen LogP contribution in [0.15, 0.2) is 22.8 Å². The van der Waals surface area contributed by atoms with Crippen molar-refractivity contribution in [3.63, 3.8) is 0 Å². The molecule has 0 aliphatic rings. The van der Waals surface area contributed by atoms with Crippen LogP contribution in [0.2, 0.25) is 0 Å². The molecule has 0 N–H and O–H groups in total. The average molecular weight is 187 g/mol. The summed E-state index contributed by atoms with van der Waals surface area (Å²) in [5.41, 5.74) is 0.0463. The Hall–Kier alpha value is -0.430. The molecule has 0 aliphatic heterocycles. The molecule has 1 aromatic heterocycles. The van der Waals surface area contributed by atoms with Crippen molar-refractivity contribution in [1.82, 2.24) is 0 Å². The van der Waals surface area contributed by atoms with Crippen LogP contribution in [0.1, 0.15) is 33.0 Å². The van der Waals surface area contributed by atoms with Gasteiger partial charge in [-0.15, -0.1) is 11.6 Å². The molecule has 68 valence electrons. The Labute approximate surface area is 78.7 Å². The van der Waals surface area contributed by atoms with Gasteiger partial charge in [-0.25, -0.2) is 0 Å². The molecule has 0 amide bonds. The summed E-state index contributed by atoms with van der Waals surface area (Å²) < 4.78 is 5.34. The van der Waals surface area contributed by atoms with Gasteiger partial charge in [-0.1, -0.05) is 13.8 Å². The predicted octanol–water partition coefficient (Wildman–Crippen LogP) is 3.57. The molecule has 12 heavy (non-hydrogen) atoms. The second-order valence-corrected chi connectivity index (χ2v) is 4.59. The van der Waals surface area contributed by atoms with E-state index in [1.807, 2.05) is 19.1 Å². The first kappa shape index (κ1) is 9.66. The van der Waals surface area contributed by atoms with Crippen LogP contribution in [0.25, 0.3) is 0 Å². The fourth-order valence-electron chi connectivity index (χ4n) is 1.47. The van der Waals surface area contributed by atoms with Crippen LogP contribution in [0, 0.1) is 0 Å². The molecular formula is C10H15ClO. The van der Waals surface area contributed by atoms with E-state index in [-0.39, 0.29) is 10.8 Å². The monoisotopic (exact) mass is 186 g/mol. The van der Waals surface area contributed by atoms with E-state index < -0.39 is 0 Å². The van der Waals surface area contributed by atoms with Crippen molar-refractivity contribution in [2.75, 3.05) is 0 Å². The molecule has 1 rings (SSSR count). The van der Waals surface area contributed by atoms with Crippen LogP contribution in [-0.2, 0) is 5.41 Å². The first-order valence-corrected chi connectivity index (χ1v) is 4.64. The Balaban J connectivity index is 2.72. The van der Waals surface area contributed by atoms with E-state index >= 15 is 0 Å². The Morgan fingerprint density at radius 2 is 2.25 bits per heavy atom. The fourth-order valence-corrected chi connectivity index (χ4v) is 1.85. The molecule has 1 atom stereocenters. The summed E-state index contributed by atoms with van der Waals surface area (Å²) in [6.07, 6.45) is 2.64. The SMILES string of the molecule is CC(Cl)CC(C)(C)c1ccco1. The lowest BCUT2D eigenvalue weighted by atomic mass is 9.85. The molecule has 0 aliphatic carbocycles. The summed E-state index contributed by atoms with van der Waals surface area (Å²) in [7, 11) is 0. The number of hydrogen-bond acceptors (Lipinski definition) is 1. The number of rotatable bonds is 3. The standard InChI is InChI=1S/C10H15ClO/c1-8(11)7-10(2,3)9-5-4-6-12-9/h4-6,8H,7H2,1-3H3. The Bertz CT molecular complexity index is 224. The topological polar surface area (TPSA) is 13.1 Å². The molecule has 1 nitrogen and oxygen atoms in total. The first-order chi connectivity index (χ1) is 5.52. The molecular weight excluding hydrogens is 172 g/mol. The molecule has 1 aromatic rings. The summed E-state index contributed by atoms with van der Waals surface area (Å²) in [5, 5.41) is 0.185. The molecule has 0 saturated heterocycles. The van der Waals surface area contributed by atoms with E-state index in [4.69, 9.17) is 16.0 Å². The normalized spacial score (nSPS) is 14.7. The Morgan fingerprint density at radius 3 is 2.67 bits per heavy atom. The summed E-state index contributed by atoms with van der Waals surface area (Å²) >= 11 is 5.94. The maximum atomic E-state index is 5.94. The predicted molar refractivity (Wildman–Crippen MR) is 51.7 cm³/mol. The summed E-state index contributed by atoms with van der Waals surface area (Å²) in [6, 6.07) is 3.91. The van der Waals surface area contributed by atoms with Crippen LogP contribution in [0.3, 0.4) is 0 Å². The third-order valence-electron chi connectivity index (χ3n) is 1.98. The summed E-state index contributed by atoms with van der Waals surface area (Å²) in [4.78, 5) is 0. The summed E-state index contributed by atoms with van der Waals surface area (Å²) in [6.45, 7) is 6.29. The van der Waals surface area contributed by atoms with Gasteiger partial charge in [-0.3, -0.25) is 0 Å². The minimum absolute atomic E-state index is 0.0463. The van der Waals surface area contributed by atoms with Gasteiger partial charge >= 0.3 is 0 Å². The third-order valence-corrected chi connectivity index (χ3v) is 2.13. The molecule has 0 radical (unpaired) electrons. The van der Waals surface area contributed by atoms with E-state index in [1.165, 1.54) is 0 Å². The van der Waals surface area contributed by atoms with Crippen molar-refractivity contribution < 1.29 is 4.42 Å². The maximum Gasteiger partial charge on any atom is 0.109 e. The van der Waals surface area contributed by atoms with Crippen molar-refractivity contribution in [2.24, 2.45) is 0 Å². The Kier molecular flexibility index (Phi) is 2.84. The van der Waals surface area contributed by atoms with Gasteiger partial charge in [0.05, 0.1) is 6.26 Å². The molecule has 1 heterocycles. The maximum absolute atomic E-state index is 5.94. The van der Waals surface area contributed by atoms with Crippen molar-refractivity contribution >= 4 is 11.6 Å². The highest BCUT2D eigenvalue weighted by Crippen LogP contribution is 2.29. The van der Waals surface area contributed by atoms with Crippen molar-refractivity contribution in [3.05, 3.63) is 24.2 Å². The van der Waals surface area contributed by atoms with E-state index in [0.717, 1.165) is 12.2 Å². The lowest BCUT2D eigenvalue weighted by molar-refractivity contribution is 0.363. The zero-order chi connectivity index (χ0) is 9.19.